The van der Waals surface area contributed by atoms with Crippen LogP contribution < -0.4 is 10.1 Å². The molecular formula is C19H19FN2O4. The number of hydrogen-bond acceptors (Lipinski definition) is 4. The molecule has 2 amide bonds. The average molecular weight is 358 g/mol. The molecule has 1 N–H and O–H groups in total. The van der Waals surface area contributed by atoms with Crippen molar-refractivity contribution >= 4 is 17.5 Å². The van der Waals surface area contributed by atoms with E-state index in [1.165, 1.54) is 17.0 Å². The van der Waals surface area contributed by atoms with Gasteiger partial charge >= 0.3 is 0 Å². The van der Waals surface area contributed by atoms with E-state index in [-0.39, 0.29) is 37.4 Å². The van der Waals surface area contributed by atoms with Gasteiger partial charge < -0.3 is 19.7 Å². The number of hydrogen-bond donors (Lipinski definition) is 1. The summed E-state index contributed by atoms with van der Waals surface area (Å²) in [6.07, 6.45) is 0. The first-order valence-electron chi connectivity index (χ1n) is 8.13. The van der Waals surface area contributed by atoms with Crippen LogP contribution in [-0.2, 0) is 20.9 Å². The van der Waals surface area contributed by atoms with Gasteiger partial charge in [0.2, 0.25) is 11.8 Å². The Kier molecular flexibility index (Phi) is 5.48. The molecule has 0 radical (unpaired) electrons. The zero-order chi connectivity index (χ0) is 18.5. The topological polar surface area (TPSA) is 67.9 Å². The van der Waals surface area contributed by atoms with Gasteiger partial charge in [0.25, 0.3) is 0 Å². The molecule has 1 aliphatic rings. The zero-order valence-electron chi connectivity index (χ0n) is 14.3. The third-order valence-electron chi connectivity index (χ3n) is 4.10. The maximum Gasteiger partial charge on any atom is 0.249 e. The molecule has 0 aromatic heterocycles. The van der Waals surface area contributed by atoms with Gasteiger partial charge in [-0.25, -0.2) is 4.39 Å². The lowest BCUT2D eigenvalue weighted by molar-refractivity contribution is -0.154. The van der Waals surface area contributed by atoms with E-state index in [0.29, 0.717) is 11.4 Å². The molecule has 0 bridgehead atoms. The van der Waals surface area contributed by atoms with E-state index in [9.17, 15) is 14.0 Å². The summed E-state index contributed by atoms with van der Waals surface area (Å²) < 4.78 is 23.5. The standard InChI is InChI=1S/C19H19FN2O4/c1-25-16-4-2-3-15(9-16)21-19(24)17-11-26-12-18(23)22(17)10-13-5-7-14(20)8-6-13/h2-9,17H,10-12H2,1H3,(H,21,24)/t17-/m0/s1. The van der Waals surface area contributed by atoms with Crippen molar-refractivity contribution in [3.8, 4) is 5.75 Å². The number of nitrogens with zero attached hydrogens (tertiary/aromatic N) is 1. The predicted molar refractivity (Wildman–Crippen MR) is 93.2 cm³/mol. The number of amides is 2. The van der Waals surface area contributed by atoms with Gasteiger partial charge in [0.05, 0.1) is 13.7 Å². The van der Waals surface area contributed by atoms with E-state index in [1.807, 2.05) is 0 Å². The SMILES string of the molecule is COc1cccc(NC(=O)[C@@H]2COCC(=O)N2Cc2ccc(F)cc2)c1. The fraction of sp³-hybridized carbons (Fsp3) is 0.263. The van der Waals surface area contributed by atoms with Crippen LogP contribution in [0, 0.1) is 5.82 Å². The zero-order valence-corrected chi connectivity index (χ0v) is 14.3. The summed E-state index contributed by atoms with van der Waals surface area (Å²) in [5.41, 5.74) is 1.30. The van der Waals surface area contributed by atoms with Crippen LogP contribution in [0.1, 0.15) is 5.56 Å². The molecule has 1 fully saturated rings. The lowest BCUT2D eigenvalue weighted by Gasteiger charge is -2.34. The molecule has 3 rings (SSSR count). The van der Waals surface area contributed by atoms with E-state index in [2.05, 4.69) is 5.32 Å². The van der Waals surface area contributed by atoms with Gasteiger partial charge in [-0.1, -0.05) is 18.2 Å². The number of methoxy groups -OCH3 is 1. The highest BCUT2D eigenvalue weighted by molar-refractivity contribution is 5.98. The molecule has 0 unspecified atom stereocenters. The first-order chi connectivity index (χ1) is 12.6. The number of carbonyl (C=O) groups excluding carboxylic acids is 2. The molecule has 136 valence electrons. The quantitative estimate of drug-likeness (QED) is 0.890. The number of halogens is 1. The Bertz CT molecular complexity index is 794. The monoisotopic (exact) mass is 358 g/mol. The molecule has 1 aliphatic heterocycles. The van der Waals surface area contributed by atoms with Gasteiger partial charge in [-0.3, -0.25) is 9.59 Å². The third-order valence-corrected chi connectivity index (χ3v) is 4.10. The predicted octanol–water partition coefficient (Wildman–Crippen LogP) is 2.20. The van der Waals surface area contributed by atoms with Crippen molar-refractivity contribution in [1.82, 2.24) is 4.90 Å². The third kappa shape index (κ3) is 4.18. The molecule has 1 saturated heterocycles. The molecule has 2 aromatic rings. The summed E-state index contributed by atoms with van der Waals surface area (Å²) in [7, 11) is 1.54. The number of nitrogens with one attached hydrogen (secondary N) is 1. The van der Waals surface area contributed by atoms with Crippen molar-refractivity contribution in [2.24, 2.45) is 0 Å². The van der Waals surface area contributed by atoms with Crippen molar-refractivity contribution in [1.29, 1.82) is 0 Å². The van der Waals surface area contributed by atoms with E-state index >= 15 is 0 Å². The number of rotatable bonds is 5. The molecule has 0 saturated carbocycles. The molecule has 1 atom stereocenters. The molecular weight excluding hydrogens is 339 g/mol. The van der Waals surface area contributed by atoms with Gasteiger partial charge in [0, 0.05) is 18.3 Å². The van der Waals surface area contributed by atoms with E-state index in [4.69, 9.17) is 9.47 Å². The largest absolute Gasteiger partial charge is 0.497 e. The number of morpholine rings is 1. The summed E-state index contributed by atoms with van der Waals surface area (Å²) >= 11 is 0. The molecule has 1 heterocycles. The molecule has 0 aliphatic carbocycles. The lowest BCUT2D eigenvalue weighted by Crippen LogP contribution is -2.54. The number of anilines is 1. The van der Waals surface area contributed by atoms with Crippen LogP contribution in [0.25, 0.3) is 0 Å². The van der Waals surface area contributed by atoms with Crippen molar-refractivity contribution in [2.45, 2.75) is 12.6 Å². The highest BCUT2D eigenvalue weighted by Crippen LogP contribution is 2.19. The Morgan fingerprint density at radius 2 is 2.08 bits per heavy atom. The second-order valence-corrected chi connectivity index (χ2v) is 5.90. The fourth-order valence-electron chi connectivity index (χ4n) is 2.73. The number of ether oxygens (including phenoxy) is 2. The summed E-state index contributed by atoms with van der Waals surface area (Å²) in [5.74, 6) is -0.379. The summed E-state index contributed by atoms with van der Waals surface area (Å²) in [6.45, 7) is 0.228. The lowest BCUT2D eigenvalue weighted by atomic mass is 10.1. The molecule has 7 heteroatoms. The Morgan fingerprint density at radius 3 is 2.81 bits per heavy atom. The second kappa shape index (κ2) is 7.97. The molecule has 0 spiro atoms. The van der Waals surface area contributed by atoms with Gasteiger partial charge in [0.1, 0.15) is 24.2 Å². The fourth-order valence-corrected chi connectivity index (χ4v) is 2.73. The van der Waals surface area contributed by atoms with Gasteiger partial charge in [-0.2, -0.15) is 0 Å². The highest BCUT2D eigenvalue weighted by atomic mass is 19.1. The average Bonchev–Trinajstić information content (AvgIpc) is 2.65. The summed E-state index contributed by atoms with van der Waals surface area (Å²) in [5, 5.41) is 2.78. The van der Waals surface area contributed by atoms with Crippen molar-refractivity contribution in [2.75, 3.05) is 25.6 Å². The first-order valence-corrected chi connectivity index (χ1v) is 8.13. The Morgan fingerprint density at radius 1 is 1.31 bits per heavy atom. The minimum absolute atomic E-state index is 0.0792. The van der Waals surface area contributed by atoms with E-state index in [0.717, 1.165) is 5.56 Å². The van der Waals surface area contributed by atoms with Gasteiger partial charge in [-0.15, -0.1) is 0 Å². The van der Waals surface area contributed by atoms with Crippen molar-refractivity contribution in [3.05, 3.63) is 59.9 Å². The molecule has 26 heavy (non-hydrogen) atoms. The minimum atomic E-state index is -0.771. The normalized spacial score (nSPS) is 17.1. The van der Waals surface area contributed by atoms with Crippen LogP contribution in [-0.4, -0.2) is 43.1 Å². The number of benzene rings is 2. The minimum Gasteiger partial charge on any atom is -0.497 e. The van der Waals surface area contributed by atoms with Crippen molar-refractivity contribution < 1.29 is 23.5 Å². The van der Waals surface area contributed by atoms with E-state index in [1.54, 1.807) is 43.5 Å². The Hall–Kier alpha value is -2.93. The van der Waals surface area contributed by atoms with Gasteiger partial charge in [0.15, 0.2) is 0 Å². The summed E-state index contributed by atoms with van der Waals surface area (Å²) in [4.78, 5) is 26.4. The van der Waals surface area contributed by atoms with Crippen LogP contribution in [0.5, 0.6) is 5.75 Å². The van der Waals surface area contributed by atoms with Crippen LogP contribution in [0.4, 0.5) is 10.1 Å². The second-order valence-electron chi connectivity index (χ2n) is 5.90. The Labute approximate surface area is 150 Å². The van der Waals surface area contributed by atoms with E-state index < -0.39 is 6.04 Å². The van der Waals surface area contributed by atoms with Gasteiger partial charge in [-0.05, 0) is 29.8 Å². The van der Waals surface area contributed by atoms with Crippen LogP contribution in [0.2, 0.25) is 0 Å². The molecule has 2 aromatic carbocycles. The highest BCUT2D eigenvalue weighted by Gasteiger charge is 2.34. The molecule has 6 nitrogen and oxygen atoms in total. The van der Waals surface area contributed by atoms with Crippen LogP contribution in [0.15, 0.2) is 48.5 Å². The number of carbonyl (C=O) groups is 2. The van der Waals surface area contributed by atoms with Crippen LogP contribution >= 0.6 is 0 Å². The smallest absolute Gasteiger partial charge is 0.249 e. The maximum atomic E-state index is 13.1. The summed E-state index contributed by atoms with van der Waals surface area (Å²) in [6, 6.07) is 12.0. The maximum absolute atomic E-state index is 13.1. The van der Waals surface area contributed by atoms with Crippen LogP contribution in [0.3, 0.4) is 0 Å². The Balaban J connectivity index is 1.75. The first kappa shape index (κ1) is 17.9. The van der Waals surface area contributed by atoms with Crippen molar-refractivity contribution in [3.63, 3.8) is 0 Å².